The summed E-state index contributed by atoms with van der Waals surface area (Å²) in [7, 11) is 0. The second-order valence-corrected chi connectivity index (χ2v) is 1.75. The van der Waals surface area contributed by atoms with Crippen LogP contribution in [0.3, 0.4) is 0 Å². The Bertz CT molecular complexity index is 197. The number of carbonyl (C=O) groups is 2. The number of aliphatic carboxylic acids is 2. The molecule has 0 aromatic heterocycles. The number of rotatable bonds is 4. The van der Waals surface area contributed by atoms with E-state index >= 15 is 0 Å². The summed E-state index contributed by atoms with van der Waals surface area (Å²) in [6.45, 7) is 0. The molecular formula is C5H7NO5. The molecular weight excluding hydrogens is 154 g/mol. The second kappa shape index (κ2) is 4.26. The van der Waals surface area contributed by atoms with Crippen molar-refractivity contribution in [3.05, 3.63) is 0 Å². The summed E-state index contributed by atoms with van der Waals surface area (Å²) in [5, 5.41) is 26.7. The van der Waals surface area contributed by atoms with Gasteiger partial charge in [-0.1, -0.05) is 5.16 Å². The maximum Gasteiger partial charge on any atom is 0.353 e. The van der Waals surface area contributed by atoms with Gasteiger partial charge in [-0.25, -0.2) is 4.79 Å². The quantitative estimate of drug-likeness (QED) is 0.300. The Hall–Kier alpha value is -1.59. The summed E-state index contributed by atoms with van der Waals surface area (Å²) in [4.78, 5) is 20.0. The number of carboxylic acids is 2. The molecule has 3 N–H and O–H groups in total. The molecule has 0 unspecified atom stereocenters. The molecule has 62 valence electrons. The van der Waals surface area contributed by atoms with E-state index in [0.717, 1.165) is 0 Å². The van der Waals surface area contributed by atoms with E-state index in [0.29, 0.717) is 0 Å². The summed E-state index contributed by atoms with van der Waals surface area (Å²) in [6.07, 6.45) is -0.632. The van der Waals surface area contributed by atoms with E-state index in [2.05, 4.69) is 5.16 Å². The van der Waals surface area contributed by atoms with E-state index < -0.39 is 17.7 Å². The molecule has 0 atom stereocenters. The standard InChI is InChI=1S/C5H7NO5/c7-4(8)2-1-3(6-11)5(9)10/h11H,1-2H2,(H,7,8)(H,9,10)/b6-3+. The highest BCUT2D eigenvalue weighted by atomic mass is 16.4. The van der Waals surface area contributed by atoms with Gasteiger partial charge in [0.1, 0.15) is 0 Å². The van der Waals surface area contributed by atoms with Gasteiger partial charge in [-0.3, -0.25) is 4.79 Å². The lowest BCUT2D eigenvalue weighted by Gasteiger charge is -1.93. The Balaban J connectivity index is 3.92. The summed E-state index contributed by atoms with van der Waals surface area (Å²) in [5.41, 5.74) is -0.549. The predicted molar refractivity (Wildman–Crippen MR) is 33.7 cm³/mol. The van der Waals surface area contributed by atoms with Crippen LogP contribution in [-0.2, 0) is 9.59 Å². The van der Waals surface area contributed by atoms with Gasteiger partial charge in [0.15, 0.2) is 5.71 Å². The summed E-state index contributed by atoms with van der Waals surface area (Å²) in [6, 6.07) is 0. The molecule has 0 aromatic carbocycles. The van der Waals surface area contributed by atoms with Gasteiger partial charge in [-0.05, 0) is 0 Å². The average Bonchev–Trinajstić information content (AvgIpc) is 1.87. The van der Waals surface area contributed by atoms with E-state index in [1.54, 1.807) is 0 Å². The third kappa shape index (κ3) is 3.90. The van der Waals surface area contributed by atoms with Crippen LogP contribution in [-0.4, -0.2) is 33.1 Å². The van der Waals surface area contributed by atoms with Gasteiger partial charge in [0.05, 0.1) is 6.42 Å². The minimum absolute atomic E-state index is 0.277. The molecule has 0 spiro atoms. The summed E-state index contributed by atoms with van der Waals surface area (Å²) >= 11 is 0. The lowest BCUT2D eigenvalue weighted by Crippen LogP contribution is -2.14. The Labute approximate surface area is 61.8 Å². The lowest BCUT2D eigenvalue weighted by molar-refractivity contribution is -0.136. The van der Waals surface area contributed by atoms with E-state index in [9.17, 15) is 9.59 Å². The highest BCUT2D eigenvalue weighted by molar-refractivity contribution is 6.35. The topological polar surface area (TPSA) is 107 Å². The van der Waals surface area contributed by atoms with E-state index in [1.165, 1.54) is 0 Å². The van der Waals surface area contributed by atoms with Crippen LogP contribution >= 0.6 is 0 Å². The van der Waals surface area contributed by atoms with E-state index in [-0.39, 0.29) is 12.8 Å². The Morgan fingerprint density at radius 1 is 1.18 bits per heavy atom. The maximum atomic E-state index is 10.1. The maximum absolute atomic E-state index is 10.1. The van der Waals surface area contributed by atoms with Crippen molar-refractivity contribution in [3.63, 3.8) is 0 Å². The minimum atomic E-state index is -1.41. The SMILES string of the molecule is O=C(O)CC/C(=N\O)C(=O)O. The fourth-order valence-electron chi connectivity index (χ4n) is 0.425. The zero-order valence-corrected chi connectivity index (χ0v) is 5.52. The molecule has 11 heavy (non-hydrogen) atoms. The largest absolute Gasteiger partial charge is 0.481 e. The average molecular weight is 161 g/mol. The first kappa shape index (κ1) is 9.41. The van der Waals surface area contributed by atoms with Gasteiger partial charge >= 0.3 is 11.9 Å². The molecule has 0 aliphatic carbocycles. The van der Waals surface area contributed by atoms with Crippen LogP contribution in [0.5, 0.6) is 0 Å². The van der Waals surface area contributed by atoms with Gasteiger partial charge in [-0.15, -0.1) is 0 Å². The molecule has 0 bridgehead atoms. The van der Waals surface area contributed by atoms with Crippen LogP contribution in [0.1, 0.15) is 12.8 Å². The fraction of sp³-hybridized carbons (Fsp3) is 0.400. The van der Waals surface area contributed by atoms with Crippen molar-refractivity contribution >= 4 is 17.7 Å². The highest BCUT2D eigenvalue weighted by Gasteiger charge is 2.11. The van der Waals surface area contributed by atoms with Crippen LogP contribution in [0, 0.1) is 0 Å². The molecule has 0 heterocycles. The van der Waals surface area contributed by atoms with Crippen molar-refractivity contribution in [3.8, 4) is 0 Å². The van der Waals surface area contributed by atoms with E-state index in [1.807, 2.05) is 0 Å². The molecule has 0 amide bonds. The number of carboxylic acid groups (broad SMARTS) is 2. The number of oxime groups is 1. The predicted octanol–water partition coefficient (Wildman–Crippen LogP) is -0.234. The normalized spacial score (nSPS) is 11.1. The lowest BCUT2D eigenvalue weighted by atomic mass is 10.2. The van der Waals surface area contributed by atoms with Crippen molar-refractivity contribution in [1.29, 1.82) is 0 Å². The zero-order valence-electron chi connectivity index (χ0n) is 5.52. The summed E-state index contributed by atoms with van der Waals surface area (Å²) in [5.74, 6) is -2.54. The molecule has 0 fully saturated rings. The van der Waals surface area contributed by atoms with Crippen molar-refractivity contribution in [2.24, 2.45) is 5.16 Å². The van der Waals surface area contributed by atoms with Gasteiger partial charge < -0.3 is 15.4 Å². The van der Waals surface area contributed by atoms with Gasteiger partial charge in [-0.2, -0.15) is 0 Å². The molecule has 0 saturated heterocycles. The Morgan fingerprint density at radius 3 is 2.00 bits per heavy atom. The highest BCUT2D eigenvalue weighted by Crippen LogP contribution is 1.92. The van der Waals surface area contributed by atoms with Crippen LogP contribution < -0.4 is 0 Å². The first-order valence-corrected chi connectivity index (χ1v) is 2.74. The first-order valence-electron chi connectivity index (χ1n) is 2.74. The second-order valence-electron chi connectivity index (χ2n) is 1.75. The molecule has 0 radical (unpaired) electrons. The molecule has 6 nitrogen and oxygen atoms in total. The molecule has 0 aliphatic rings. The third-order valence-electron chi connectivity index (χ3n) is 0.943. The Morgan fingerprint density at radius 2 is 1.73 bits per heavy atom. The summed E-state index contributed by atoms with van der Waals surface area (Å²) < 4.78 is 0. The minimum Gasteiger partial charge on any atom is -0.481 e. The van der Waals surface area contributed by atoms with Gasteiger partial charge in [0.2, 0.25) is 0 Å². The molecule has 0 rings (SSSR count). The van der Waals surface area contributed by atoms with Crippen LogP contribution in [0.25, 0.3) is 0 Å². The molecule has 0 aliphatic heterocycles. The number of hydrogen-bond donors (Lipinski definition) is 3. The van der Waals surface area contributed by atoms with Gasteiger partial charge in [0.25, 0.3) is 0 Å². The van der Waals surface area contributed by atoms with E-state index in [4.69, 9.17) is 15.4 Å². The van der Waals surface area contributed by atoms with Crippen LogP contribution in [0.2, 0.25) is 0 Å². The molecule has 0 saturated carbocycles. The fourth-order valence-corrected chi connectivity index (χ4v) is 0.425. The van der Waals surface area contributed by atoms with Gasteiger partial charge in [0, 0.05) is 6.42 Å². The zero-order chi connectivity index (χ0) is 8.85. The number of nitrogens with zero attached hydrogens (tertiary/aromatic N) is 1. The van der Waals surface area contributed by atoms with Crippen molar-refractivity contribution in [2.75, 3.05) is 0 Å². The van der Waals surface area contributed by atoms with Crippen molar-refractivity contribution in [2.45, 2.75) is 12.8 Å². The van der Waals surface area contributed by atoms with Crippen LogP contribution in [0.4, 0.5) is 0 Å². The first-order chi connectivity index (χ1) is 5.07. The van der Waals surface area contributed by atoms with Crippen molar-refractivity contribution in [1.82, 2.24) is 0 Å². The molecule has 0 aromatic rings. The monoisotopic (exact) mass is 161 g/mol. The Kier molecular flexibility index (Phi) is 3.65. The van der Waals surface area contributed by atoms with Crippen LogP contribution in [0.15, 0.2) is 5.16 Å². The smallest absolute Gasteiger partial charge is 0.353 e. The number of hydrogen-bond acceptors (Lipinski definition) is 4. The van der Waals surface area contributed by atoms with Crippen molar-refractivity contribution < 1.29 is 25.0 Å². The molecule has 6 heteroatoms. The third-order valence-corrected chi connectivity index (χ3v) is 0.943.